The summed E-state index contributed by atoms with van der Waals surface area (Å²) in [7, 11) is 0. The van der Waals surface area contributed by atoms with Crippen LogP contribution >= 0.6 is 0 Å². The Bertz CT molecular complexity index is 228. The number of carboxylic acid groups (broad SMARTS) is 1. The van der Waals surface area contributed by atoms with Gasteiger partial charge in [0.05, 0.1) is 6.42 Å². The van der Waals surface area contributed by atoms with E-state index in [0.29, 0.717) is 5.70 Å². The maximum Gasteiger partial charge on any atom is 0.307 e. The SMILES string of the molecule is NC1=CCCC=C1CC(=O)O. The standard InChI is InChI=1S/C8H11NO2/c9-7-4-2-1-3-6(7)5-8(10)11/h3-4H,1-2,5,9H2,(H,10,11). The maximum atomic E-state index is 10.3. The van der Waals surface area contributed by atoms with Crippen molar-refractivity contribution in [1.29, 1.82) is 0 Å². The maximum absolute atomic E-state index is 10.3. The van der Waals surface area contributed by atoms with Gasteiger partial charge in [0, 0.05) is 5.70 Å². The minimum absolute atomic E-state index is 0.0440. The lowest BCUT2D eigenvalue weighted by Crippen LogP contribution is -2.08. The number of carboxylic acids is 1. The lowest BCUT2D eigenvalue weighted by atomic mass is 10.0. The van der Waals surface area contributed by atoms with Crippen LogP contribution in [0, 0.1) is 0 Å². The second-order valence-electron chi connectivity index (χ2n) is 2.54. The first-order chi connectivity index (χ1) is 5.20. The molecular formula is C8H11NO2. The zero-order valence-corrected chi connectivity index (χ0v) is 6.21. The van der Waals surface area contributed by atoms with Crippen LogP contribution in [-0.2, 0) is 4.79 Å². The van der Waals surface area contributed by atoms with Crippen LogP contribution in [-0.4, -0.2) is 11.1 Å². The van der Waals surface area contributed by atoms with Crippen LogP contribution in [0.5, 0.6) is 0 Å². The smallest absolute Gasteiger partial charge is 0.307 e. The predicted octanol–water partition coefficient (Wildman–Crippen LogP) is 1.02. The molecule has 0 radical (unpaired) electrons. The van der Waals surface area contributed by atoms with Gasteiger partial charge in [0.2, 0.25) is 0 Å². The summed E-state index contributed by atoms with van der Waals surface area (Å²) in [5, 5.41) is 8.46. The summed E-state index contributed by atoms with van der Waals surface area (Å²) in [5.41, 5.74) is 6.93. The molecule has 0 saturated carbocycles. The van der Waals surface area contributed by atoms with Crippen LogP contribution in [0.4, 0.5) is 0 Å². The summed E-state index contributed by atoms with van der Waals surface area (Å²) in [4.78, 5) is 10.3. The van der Waals surface area contributed by atoms with E-state index in [-0.39, 0.29) is 6.42 Å². The van der Waals surface area contributed by atoms with Crippen molar-refractivity contribution in [2.45, 2.75) is 19.3 Å². The minimum atomic E-state index is -0.825. The number of hydrogen-bond acceptors (Lipinski definition) is 2. The van der Waals surface area contributed by atoms with Gasteiger partial charge in [0.15, 0.2) is 0 Å². The summed E-state index contributed by atoms with van der Waals surface area (Å²) >= 11 is 0. The number of hydrogen-bond donors (Lipinski definition) is 2. The Balaban J connectivity index is 2.63. The topological polar surface area (TPSA) is 63.3 Å². The van der Waals surface area contributed by atoms with E-state index < -0.39 is 5.97 Å². The van der Waals surface area contributed by atoms with E-state index in [1.165, 1.54) is 0 Å². The lowest BCUT2D eigenvalue weighted by molar-refractivity contribution is -0.136. The van der Waals surface area contributed by atoms with E-state index in [9.17, 15) is 4.79 Å². The molecule has 60 valence electrons. The Labute approximate surface area is 65.2 Å². The zero-order valence-electron chi connectivity index (χ0n) is 6.21. The second kappa shape index (κ2) is 3.23. The quantitative estimate of drug-likeness (QED) is 0.622. The molecule has 11 heavy (non-hydrogen) atoms. The molecule has 3 heteroatoms. The molecule has 1 aliphatic carbocycles. The zero-order chi connectivity index (χ0) is 8.27. The van der Waals surface area contributed by atoms with Gasteiger partial charge in [0.1, 0.15) is 0 Å². The van der Waals surface area contributed by atoms with Gasteiger partial charge in [-0.25, -0.2) is 0 Å². The third-order valence-corrected chi connectivity index (χ3v) is 1.63. The van der Waals surface area contributed by atoms with Gasteiger partial charge in [0.25, 0.3) is 0 Å². The van der Waals surface area contributed by atoms with Crippen molar-refractivity contribution in [2.24, 2.45) is 5.73 Å². The summed E-state index contributed by atoms with van der Waals surface area (Å²) in [6.07, 6.45) is 5.64. The van der Waals surface area contributed by atoms with Crippen LogP contribution in [0.25, 0.3) is 0 Å². The first kappa shape index (κ1) is 7.85. The Morgan fingerprint density at radius 1 is 1.55 bits per heavy atom. The van der Waals surface area contributed by atoms with Crippen molar-refractivity contribution in [3.63, 3.8) is 0 Å². The van der Waals surface area contributed by atoms with Crippen LogP contribution < -0.4 is 5.73 Å². The van der Waals surface area contributed by atoms with Crippen molar-refractivity contribution in [1.82, 2.24) is 0 Å². The number of rotatable bonds is 2. The average Bonchev–Trinajstić information content (AvgIpc) is 1.93. The van der Waals surface area contributed by atoms with Crippen molar-refractivity contribution < 1.29 is 9.90 Å². The molecule has 1 aliphatic rings. The monoisotopic (exact) mass is 153 g/mol. The summed E-state index contributed by atoms with van der Waals surface area (Å²) in [6.45, 7) is 0. The predicted molar refractivity (Wildman–Crippen MR) is 41.8 cm³/mol. The highest BCUT2D eigenvalue weighted by molar-refractivity contribution is 5.71. The fourth-order valence-electron chi connectivity index (χ4n) is 1.08. The number of nitrogens with two attached hydrogens (primary N) is 1. The molecule has 0 heterocycles. The van der Waals surface area contributed by atoms with E-state index in [4.69, 9.17) is 10.8 Å². The van der Waals surface area contributed by atoms with Gasteiger partial charge >= 0.3 is 5.97 Å². The first-order valence-electron chi connectivity index (χ1n) is 3.57. The Morgan fingerprint density at radius 2 is 2.18 bits per heavy atom. The fourth-order valence-corrected chi connectivity index (χ4v) is 1.08. The molecule has 1 rings (SSSR count). The normalized spacial score (nSPS) is 17.1. The molecule has 0 aliphatic heterocycles. The number of allylic oxidation sites excluding steroid dienone is 3. The molecule has 0 atom stereocenters. The van der Waals surface area contributed by atoms with E-state index in [0.717, 1.165) is 18.4 Å². The average molecular weight is 153 g/mol. The van der Waals surface area contributed by atoms with Gasteiger partial charge in [-0.05, 0) is 18.4 Å². The second-order valence-corrected chi connectivity index (χ2v) is 2.54. The highest BCUT2D eigenvalue weighted by Gasteiger charge is 2.08. The molecule has 0 aromatic carbocycles. The van der Waals surface area contributed by atoms with Gasteiger partial charge < -0.3 is 10.8 Å². The first-order valence-corrected chi connectivity index (χ1v) is 3.57. The molecule has 0 unspecified atom stereocenters. The van der Waals surface area contributed by atoms with Gasteiger partial charge in [-0.2, -0.15) is 0 Å². The number of carbonyl (C=O) groups is 1. The van der Waals surface area contributed by atoms with Crippen LogP contribution in [0.15, 0.2) is 23.4 Å². The molecule has 0 fully saturated rings. The van der Waals surface area contributed by atoms with E-state index >= 15 is 0 Å². The third kappa shape index (κ3) is 2.11. The lowest BCUT2D eigenvalue weighted by Gasteiger charge is -2.09. The van der Waals surface area contributed by atoms with E-state index in [1.54, 1.807) is 0 Å². The van der Waals surface area contributed by atoms with Crippen LogP contribution in [0.3, 0.4) is 0 Å². The van der Waals surface area contributed by atoms with Gasteiger partial charge in [-0.3, -0.25) is 4.79 Å². The highest BCUT2D eigenvalue weighted by atomic mass is 16.4. The molecular weight excluding hydrogens is 142 g/mol. The highest BCUT2D eigenvalue weighted by Crippen LogP contribution is 2.17. The third-order valence-electron chi connectivity index (χ3n) is 1.63. The van der Waals surface area contributed by atoms with Gasteiger partial charge in [-0.15, -0.1) is 0 Å². The van der Waals surface area contributed by atoms with Crippen LogP contribution in [0.1, 0.15) is 19.3 Å². The molecule has 0 spiro atoms. The fraction of sp³-hybridized carbons (Fsp3) is 0.375. The molecule has 3 N–H and O–H groups in total. The summed E-state index contributed by atoms with van der Waals surface area (Å²) in [5.74, 6) is -0.825. The molecule has 0 saturated heterocycles. The van der Waals surface area contributed by atoms with E-state index in [1.807, 2.05) is 12.2 Å². The van der Waals surface area contributed by atoms with Crippen molar-refractivity contribution in [3.05, 3.63) is 23.4 Å². The molecule has 0 bridgehead atoms. The molecule has 0 aromatic rings. The van der Waals surface area contributed by atoms with Crippen molar-refractivity contribution in [2.75, 3.05) is 0 Å². The Morgan fingerprint density at radius 3 is 2.73 bits per heavy atom. The summed E-state index contributed by atoms with van der Waals surface area (Å²) < 4.78 is 0. The molecule has 3 nitrogen and oxygen atoms in total. The van der Waals surface area contributed by atoms with Crippen molar-refractivity contribution in [3.8, 4) is 0 Å². The minimum Gasteiger partial charge on any atom is -0.481 e. The molecule has 0 amide bonds. The van der Waals surface area contributed by atoms with Crippen molar-refractivity contribution >= 4 is 5.97 Å². The van der Waals surface area contributed by atoms with E-state index in [2.05, 4.69) is 0 Å². The largest absolute Gasteiger partial charge is 0.481 e. The van der Waals surface area contributed by atoms with Crippen LogP contribution in [0.2, 0.25) is 0 Å². The Kier molecular flexibility index (Phi) is 2.31. The summed E-state index contributed by atoms with van der Waals surface area (Å²) in [6, 6.07) is 0. The Hall–Kier alpha value is -1.25. The van der Waals surface area contributed by atoms with Gasteiger partial charge in [-0.1, -0.05) is 12.2 Å². The number of aliphatic carboxylic acids is 1. The molecule has 0 aromatic heterocycles.